The zero-order valence-corrected chi connectivity index (χ0v) is 18.7. The van der Waals surface area contributed by atoms with Gasteiger partial charge in [0.1, 0.15) is 5.65 Å². The molecular weight excluding hydrogens is 457 g/mol. The molecule has 3 aromatic heterocycles. The van der Waals surface area contributed by atoms with Gasteiger partial charge in [0.2, 0.25) is 0 Å². The van der Waals surface area contributed by atoms with Crippen LogP contribution in [-0.2, 0) is 4.74 Å². The molecular formula is C21H19ClFN5O3S. The highest BCUT2D eigenvalue weighted by Gasteiger charge is 2.34. The first-order chi connectivity index (χ1) is 15.3. The summed E-state index contributed by atoms with van der Waals surface area (Å²) in [5.74, 6) is -1.95. The topological polar surface area (TPSA) is 119 Å². The number of anilines is 1. The Morgan fingerprint density at radius 2 is 2.22 bits per heavy atom. The molecule has 0 aliphatic carbocycles. The second-order valence-electron chi connectivity index (χ2n) is 7.79. The van der Waals surface area contributed by atoms with Crippen molar-refractivity contribution in [3.63, 3.8) is 0 Å². The van der Waals surface area contributed by atoms with Gasteiger partial charge in [-0.15, -0.1) is 11.8 Å². The van der Waals surface area contributed by atoms with Gasteiger partial charge in [0.05, 0.1) is 28.2 Å². The Labute approximate surface area is 190 Å². The molecule has 1 fully saturated rings. The monoisotopic (exact) mass is 475 g/mol. The van der Waals surface area contributed by atoms with Gasteiger partial charge >= 0.3 is 5.97 Å². The molecule has 5 rings (SSSR count). The van der Waals surface area contributed by atoms with E-state index in [-0.39, 0.29) is 28.4 Å². The Morgan fingerprint density at radius 1 is 1.44 bits per heavy atom. The zero-order chi connectivity index (χ0) is 22.7. The minimum absolute atomic E-state index is 0.0552. The number of carbonyl (C=O) groups is 1. The Hall–Kier alpha value is -2.82. The molecule has 1 aliphatic rings. The number of nitrogens with two attached hydrogens (primary N) is 1. The van der Waals surface area contributed by atoms with Gasteiger partial charge in [0.15, 0.2) is 17.3 Å². The van der Waals surface area contributed by atoms with Crippen LogP contribution in [0.3, 0.4) is 0 Å². The second kappa shape index (κ2) is 7.65. The number of nitrogens with zero attached hydrogens (tertiary/aromatic N) is 3. The fourth-order valence-electron chi connectivity index (χ4n) is 4.51. The number of nitrogens with one attached hydrogen (secondary N) is 1. The van der Waals surface area contributed by atoms with Gasteiger partial charge in [0, 0.05) is 34.7 Å². The number of rotatable bonds is 4. The van der Waals surface area contributed by atoms with E-state index in [0.717, 1.165) is 0 Å². The summed E-state index contributed by atoms with van der Waals surface area (Å²) in [4.78, 5) is 16.7. The quantitative estimate of drug-likeness (QED) is 0.374. The van der Waals surface area contributed by atoms with Crippen LogP contribution >= 0.6 is 23.4 Å². The van der Waals surface area contributed by atoms with Crippen LogP contribution < -0.4 is 5.73 Å². The molecule has 8 nitrogen and oxygen atoms in total. The van der Waals surface area contributed by atoms with Gasteiger partial charge in [-0.1, -0.05) is 18.5 Å². The second-order valence-corrected chi connectivity index (χ2v) is 8.99. The van der Waals surface area contributed by atoms with E-state index in [1.807, 2.05) is 6.92 Å². The van der Waals surface area contributed by atoms with E-state index in [2.05, 4.69) is 15.2 Å². The molecule has 1 aromatic carbocycles. The van der Waals surface area contributed by atoms with Gasteiger partial charge in [-0.3, -0.25) is 9.50 Å². The Balaban J connectivity index is 1.95. The van der Waals surface area contributed by atoms with Gasteiger partial charge < -0.3 is 15.6 Å². The van der Waals surface area contributed by atoms with Gasteiger partial charge in [-0.2, -0.15) is 5.10 Å². The number of hydrogen-bond acceptors (Lipinski definition) is 6. The molecule has 4 aromatic rings. The standard InChI is InChI=1S/C21H19ClFN5O3S/c1-8-6-31-7-11(8)17-9(3-4-12-26-20(24)18(21(29)30)28(12)17)13-10-5-25-27-16(10)19(32-2)15(23)14(13)22/h3-5,8,11H,6-7,24H2,1-2H3,(H,25,27)(H,29,30)/t8-,11-/m0/s1. The van der Waals surface area contributed by atoms with Crippen molar-refractivity contribution in [3.05, 3.63) is 40.6 Å². The number of fused-ring (bicyclic) bond motifs is 2. The molecule has 11 heteroatoms. The number of halogens is 2. The van der Waals surface area contributed by atoms with E-state index < -0.39 is 11.8 Å². The van der Waals surface area contributed by atoms with Gasteiger partial charge in [-0.05, 0) is 24.3 Å². The summed E-state index contributed by atoms with van der Waals surface area (Å²) >= 11 is 7.82. The number of ether oxygens (including phenoxy) is 1. The number of thioether (sulfide) groups is 1. The third-order valence-electron chi connectivity index (χ3n) is 5.99. The maximum absolute atomic E-state index is 15.3. The molecule has 32 heavy (non-hydrogen) atoms. The minimum atomic E-state index is -1.21. The van der Waals surface area contributed by atoms with Crippen molar-refractivity contribution in [3.8, 4) is 11.1 Å². The number of nitrogen functional groups attached to an aromatic ring is 1. The van der Waals surface area contributed by atoms with Crippen molar-refractivity contribution < 1.29 is 19.0 Å². The third kappa shape index (κ3) is 2.90. The number of benzene rings is 1. The first-order valence-corrected chi connectivity index (χ1v) is 11.5. The predicted octanol–water partition coefficient (Wildman–Crippen LogP) is 4.42. The van der Waals surface area contributed by atoms with Crippen LogP contribution in [0.5, 0.6) is 0 Å². The van der Waals surface area contributed by atoms with Crippen molar-refractivity contribution in [1.29, 1.82) is 0 Å². The molecule has 4 heterocycles. The minimum Gasteiger partial charge on any atom is -0.476 e. The fourth-order valence-corrected chi connectivity index (χ4v) is 5.50. The smallest absolute Gasteiger partial charge is 0.356 e. The Kier molecular flexibility index (Phi) is 5.03. The lowest BCUT2D eigenvalue weighted by molar-refractivity contribution is 0.0690. The average molecular weight is 476 g/mol. The normalized spacial score (nSPS) is 18.8. The SMILES string of the molecule is CSc1c(F)c(Cl)c(-c2ccc3nc(N)c(C(=O)O)n3c2[C@H]2COC[C@@H]2C)c2cn[nH]c12. The highest BCUT2D eigenvalue weighted by molar-refractivity contribution is 7.98. The van der Waals surface area contributed by atoms with Crippen LogP contribution in [-0.4, -0.2) is 50.1 Å². The Bertz CT molecular complexity index is 1400. The van der Waals surface area contributed by atoms with Crippen LogP contribution in [0.4, 0.5) is 10.2 Å². The lowest BCUT2D eigenvalue weighted by Crippen LogP contribution is -2.17. The molecule has 0 spiro atoms. The van der Waals surface area contributed by atoms with Crippen LogP contribution in [0.15, 0.2) is 23.2 Å². The number of carboxylic acids is 1. The first-order valence-electron chi connectivity index (χ1n) is 9.85. The first kappa shape index (κ1) is 21.0. The Morgan fingerprint density at radius 3 is 2.88 bits per heavy atom. The number of imidazole rings is 1. The van der Waals surface area contributed by atoms with E-state index in [1.54, 1.807) is 24.6 Å². The maximum Gasteiger partial charge on any atom is 0.356 e. The van der Waals surface area contributed by atoms with Crippen LogP contribution in [0.25, 0.3) is 27.7 Å². The highest BCUT2D eigenvalue weighted by atomic mass is 35.5. The summed E-state index contributed by atoms with van der Waals surface area (Å²) in [6, 6.07) is 3.43. The number of carboxylic acid groups (broad SMARTS) is 1. The van der Waals surface area contributed by atoms with E-state index in [1.165, 1.54) is 16.2 Å². The highest BCUT2D eigenvalue weighted by Crippen LogP contribution is 2.46. The molecule has 0 radical (unpaired) electrons. The molecule has 0 saturated carbocycles. The van der Waals surface area contributed by atoms with E-state index >= 15 is 4.39 Å². The largest absolute Gasteiger partial charge is 0.476 e. The van der Waals surface area contributed by atoms with Crippen LogP contribution in [0.1, 0.15) is 29.0 Å². The molecule has 4 N–H and O–H groups in total. The van der Waals surface area contributed by atoms with E-state index in [0.29, 0.717) is 51.5 Å². The molecule has 2 atom stereocenters. The third-order valence-corrected chi connectivity index (χ3v) is 7.13. The van der Waals surface area contributed by atoms with Crippen molar-refractivity contribution in [2.75, 3.05) is 25.2 Å². The number of pyridine rings is 1. The van der Waals surface area contributed by atoms with Crippen molar-refractivity contribution in [1.82, 2.24) is 19.6 Å². The summed E-state index contributed by atoms with van der Waals surface area (Å²) in [5.41, 5.74) is 8.38. The van der Waals surface area contributed by atoms with E-state index in [4.69, 9.17) is 22.1 Å². The van der Waals surface area contributed by atoms with Crippen LogP contribution in [0, 0.1) is 11.7 Å². The van der Waals surface area contributed by atoms with Crippen molar-refractivity contribution in [2.24, 2.45) is 5.92 Å². The number of aromatic amines is 1. The summed E-state index contributed by atoms with van der Waals surface area (Å²) in [7, 11) is 0. The summed E-state index contributed by atoms with van der Waals surface area (Å²) < 4.78 is 22.5. The van der Waals surface area contributed by atoms with Gasteiger partial charge in [0.25, 0.3) is 0 Å². The maximum atomic E-state index is 15.3. The molecule has 0 amide bonds. The van der Waals surface area contributed by atoms with Crippen LogP contribution in [0.2, 0.25) is 5.02 Å². The number of hydrogen-bond donors (Lipinski definition) is 3. The average Bonchev–Trinajstić information content (AvgIpc) is 3.47. The van der Waals surface area contributed by atoms with Crippen molar-refractivity contribution in [2.45, 2.75) is 17.7 Å². The van der Waals surface area contributed by atoms with Crippen molar-refractivity contribution >= 4 is 51.7 Å². The lowest BCUT2D eigenvalue weighted by atomic mass is 9.87. The summed E-state index contributed by atoms with van der Waals surface area (Å²) in [6.07, 6.45) is 3.36. The summed E-state index contributed by atoms with van der Waals surface area (Å²) in [6.45, 7) is 2.91. The van der Waals surface area contributed by atoms with E-state index in [9.17, 15) is 9.90 Å². The molecule has 166 valence electrons. The predicted molar refractivity (Wildman–Crippen MR) is 121 cm³/mol. The lowest BCUT2D eigenvalue weighted by Gasteiger charge is -2.22. The molecule has 0 unspecified atom stereocenters. The fraction of sp³-hybridized carbons (Fsp3) is 0.286. The number of H-pyrrole nitrogens is 1. The molecule has 1 saturated heterocycles. The van der Waals surface area contributed by atoms with Gasteiger partial charge in [-0.25, -0.2) is 14.2 Å². The number of aromatic carboxylic acids is 1. The molecule has 0 bridgehead atoms. The molecule has 1 aliphatic heterocycles. The number of aromatic nitrogens is 4. The zero-order valence-electron chi connectivity index (χ0n) is 17.1. The summed E-state index contributed by atoms with van der Waals surface area (Å²) in [5, 5.41) is 17.4.